The maximum atomic E-state index is 10.9. The summed E-state index contributed by atoms with van der Waals surface area (Å²) in [4.78, 5) is 22.3. The fourth-order valence-electron chi connectivity index (χ4n) is 0.681. The minimum atomic E-state index is -0.507. The van der Waals surface area contributed by atoms with Gasteiger partial charge in [-0.3, -0.25) is 4.79 Å². The highest BCUT2D eigenvalue weighted by molar-refractivity contribution is 5.88. The number of carbonyl (C=O) groups is 2. The summed E-state index contributed by atoms with van der Waals surface area (Å²) in [6.45, 7) is 0. The zero-order valence-electron chi connectivity index (χ0n) is 5.90. The fraction of sp³-hybridized carbons (Fsp3) is 0.667. The van der Waals surface area contributed by atoms with Crippen molar-refractivity contribution in [1.82, 2.24) is 4.90 Å². The van der Waals surface area contributed by atoms with Crippen molar-refractivity contribution in [1.29, 1.82) is 0 Å². The third-order valence-electron chi connectivity index (χ3n) is 1.34. The van der Waals surface area contributed by atoms with E-state index in [-0.39, 0.29) is 5.91 Å². The molecule has 1 aliphatic heterocycles. The van der Waals surface area contributed by atoms with Gasteiger partial charge in [0.1, 0.15) is 6.10 Å². The highest BCUT2D eigenvalue weighted by Gasteiger charge is 2.45. The topological polar surface area (TPSA) is 49.9 Å². The van der Waals surface area contributed by atoms with E-state index in [0.717, 1.165) is 0 Å². The van der Waals surface area contributed by atoms with E-state index in [1.54, 1.807) is 14.1 Å². The Labute approximate surface area is 58.8 Å². The maximum Gasteiger partial charge on any atom is 0.254 e. The Morgan fingerprint density at radius 3 is 2.50 bits per heavy atom. The van der Waals surface area contributed by atoms with E-state index in [0.29, 0.717) is 6.29 Å². The lowest BCUT2D eigenvalue weighted by atomic mass is 10.3. The highest BCUT2D eigenvalue weighted by Crippen LogP contribution is 2.20. The van der Waals surface area contributed by atoms with Crippen LogP contribution >= 0.6 is 0 Å². The van der Waals surface area contributed by atoms with Gasteiger partial charge in [0.25, 0.3) is 5.91 Å². The van der Waals surface area contributed by atoms with Gasteiger partial charge in [0.2, 0.25) is 0 Å². The SMILES string of the molecule is CN(C)C(=O)C1OC1C=O. The van der Waals surface area contributed by atoms with Gasteiger partial charge in [-0.05, 0) is 0 Å². The average Bonchev–Trinajstić information content (AvgIpc) is 2.64. The summed E-state index contributed by atoms with van der Waals surface area (Å²) < 4.78 is 4.73. The second kappa shape index (κ2) is 2.38. The van der Waals surface area contributed by atoms with Gasteiger partial charge < -0.3 is 14.4 Å². The van der Waals surface area contributed by atoms with E-state index in [9.17, 15) is 9.59 Å². The summed E-state index contributed by atoms with van der Waals surface area (Å²) in [5, 5.41) is 0. The molecule has 4 nitrogen and oxygen atoms in total. The molecule has 0 saturated carbocycles. The second-order valence-corrected chi connectivity index (χ2v) is 2.39. The molecule has 0 aromatic heterocycles. The fourth-order valence-corrected chi connectivity index (χ4v) is 0.681. The lowest BCUT2D eigenvalue weighted by Gasteiger charge is -2.05. The first-order valence-corrected chi connectivity index (χ1v) is 2.98. The van der Waals surface area contributed by atoms with E-state index in [1.165, 1.54) is 4.90 Å². The Bertz CT molecular complexity index is 166. The molecule has 1 saturated heterocycles. The van der Waals surface area contributed by atoms with Gasteiger partial charge in [0, 0.05) is 14.1 Å². The summed E-state index contributed by atoms with van der Waals surface area (Å²) in [5.74, 6) is -0.142. The van der Waals surface area contributed by atoms with E-state index >= 15 is 0 Å². The van der Waals surface area contributed by atoms with Crippen molar-refractivity contribution in [2.24, 2.45) is 0 Å². The number of hydrogen-bond donors (Lipinski definition) is 0. The number of ether oxygens (including phenoxy) is 1. The Hall–Kier alpha value is -0.900. The number of aldehydes is 1. The Morgan fingerprint density at radius 2 is 2.20 bits per heavy atom. The Kier molecular flexibility index (Phi) is 1.72. The number of epoxide rings is 1. The van der Waals surface area contributed by atoms with Crippen molar-refractivity contribution < 1.29 is 14.3 Å². The van der Waals surface area contributed by atoms with Gasteiger partial charge in [-0.1, -0.05) is 0 Å². The van der Waals surface area contributed by atoms with Crippen LogP contribution in [0, 0.1) is 0 Å². The monoisotopic (exact) mass is 143 g/mol. The lowest BCUT2D eigenvalue weighted by molar-refractivity contribution is -0.130. The van der Waals surface area contributed by atoms with Gasteiger partial charge in [0.15, 0.2) is 12.4 Å². The van der Waals surface area contributed by atoms with Crippen LogP contribution in [0.5, 0.6) is 0 Å². The summed E-state index contributed by atoms with van der Waals surface area (Å²) in [6, 6.07) is 0. The van der Waals surface area contributed by atoms with Gasteiger partial charge >= 0.3 is 0 Å². The van der Waals surface area contributed by atoms with Gasteiger partial charge in [0.05, 0.1) is 0 Å². The molecule has 0 bridgehead atoms. The first-order valence-electron chi connectivity index (χ1n) is 2.98. The normalized spacial score (nSPS) is 29.4. The molecule has 10 heavy (non-hydrogen) atoms. The summed E-state index contributed by atoms with van der Waals surface area (Å²) in [6.07, 6.45) is -0.353. The van der Waals surface area contributed by atoms with Crippen LogP contribution in [-0.4, -0.2) is 43.4 Å². The summed E-state index contributed by atoms with van der Waals surface area (Å²) in [7, 11) is 3.26. The molecule has 0 aromatic carbocycles. The van der Waals surface area contributed by atoms with Crippen molar-refractivity contribution in [3.8, 4) is 0 Å². The van der Waals surface area contributed by atoms with Crippen molar-refractivity contribution in [2.75, 3.05) is 14.1 Å². The molecule has 1 fully saturated rings. The van der Waals surface area contributed by atoms with Crippen LogP contribution < -0.4 is 0 Å². The van der Waals surface area contributed by atoms with E-state index in [2.05, 4.69) is 0 Å². The van der Waals surface area contributed by atoms with Crippen LogP contribution in [0.1, 0.15) is 0 Å². The quantitative estimate of drug-likeness (QED) is 0.369. The van der Waals surface area contributed by atoms with Crippen LogP contribution in [0.2, 0.25) is 0 Å². The predicted octanol–water partition coefficient (Wildman–Crippen LogP) is -0.959. The molecule has 2 atom stereocenters. The maximum absolute atomic E-state index is 10.9. The van der Waals surface area contributed by atoms with Crippen LogP contribution in [-0.2, 0) is 14.3 Å². The third kappa shape index (κ3) is 1.16. The molecule has 1 aliphatic rings. The molecule has 4 heteroatoms. The third-order valence-corrected chi connectivity index (χ3v) is 1.34. The predicted molar refractivity (Wildman–Crippen MR) is 33.4 cm³/mol. The standard InChI is InChI=1S/C6H9NO3/c1-7(2)6(9)5-4(3-8)10-5/h3-5H,1-2H3. The Morgan fingerprint density at radius 1 is 1.60 bits per heavy atom. The second-order valence-electron chi connectivity index (χ2n) is 2.39. The van der Waals surface area contributed by atoms with Crippen molar-refractivity contribution in [3.63, 3.8) is 0 Å². The zero-order chi connectivity index (χ0) is 7.72. The van der Waals surface area contributed by atoms with Crippen LogP contribution in [0.15, 0.2) is 0 Å². The van der Waals surface area contributed by atoms with Crippen molar-refractivity contribution in [3.05, 3.63) is 0 Å². The first-order chi connectivity index (χ1) is 4.66. The van der Waals surface area contributed by atoms with Crippen LogP contribution in [0.3, 0.4) is 0 Å². The number of rotatable bonds is 2. The van der Waals surface area contributed by atoms with Gasteiger partial charge in [-0.15, -0.1) is 0 Å². The molecule has 1 amide bonds. The molecule has 0 spiro atoms. The van der Waals surface area contributed by atoms with E-state index in [1.807, 2.05) is 0 Å². The largest absolute Gasteiger partial charge is 0.351 e. The summed E-state index contributed by atoms with van der Waals surface area (Å²) in [5.41, 5.74) is 0. The Balaban J connectivity index is 2.39. The van der Waals surface area contributed by atoms with Crippen molar-refractivity contribution >= 4 is 12.2 Å². The van der Waals surface area contributed by atoms with Crippen LogP contribution in [0.25, 0.3) is 0 Å². The molecule has 0 aromatic rings. The number of hydrogen-bond acceptors (Lipinski definition) is 3. The molecular formula is C6H9NO3. The summed E-state index contributed by atoms with van der Waals surface area (Å²) >= 11 is 0. The lowest BCUT2D eigenvalue weighted by Crippen LogP contribution is -2.27. The molecule has 1 rings (SSSR count). The molecular weight excluding hydrogens is 134 g/mol. The zero-order valence-corrected chi connectivity index (χ0v) is 5.90. The number of nitrogens with zero attached hydrogens (tertiary/aromatic N) is 1. The van der Waals surface area contributed by atoms with Gasteiger partial charge in [-0.2, -0.15) is 0 Å². The highest BCUT2D eigenvalue weighted by atomic mass is 16.6. The van der Waals surface area contributed by atoms with Crippen LogP contribution in [0.4, 0.5) is 0 Å². The minimum absolute atomic E-state index is 0.142. The molecule has 1 heterocycles. The molecule has 0 aliphatic carbocycles. The number of likely N-dealkylation sites (N-methyl/N-ethyl adjacent to an activating group) is 1. The number of carbonyl (C=O) groups excluding carboxylic acids is 2. The molecule has 2 unspecified atom stereocenters. The first kappa shape index (κ1) is 7.21. The average molecular weight is 143 g/mol. The van der Waals surface area contributed by atoms with Gasteiger partial charge in [-0.25, -0.2) is 0 Å². The van der Waals surface area contributed by atoms with Crippen molar-refractivity contribution in [2.45, 2.75) is 12.2 Å². The van der Waals surface area contributed by atoms with E-state index in [4.69, 9.17) is 4.74 Å². The molecule has 0 radical (unpaired) electrons. The minimum Gasteiger partial charge on any atom is -0.351 e. The smallest absolute Gasteiger partial charge is 0.254 e. The van der Waals surface area contributed by atoms with E-state index < -0.39 is 12.2 Å². The molecule has 56 valence electrons. The number of amides is 1. The molecule has 0 N–H and O–H groups in total.